The normalized spacial score (nSPS) is 10.6. The van der Waals surface area contributed by atoms with Crippen LogP contribution in [0.4, 0.5) is 0 Å². The summed E-state index contributed by atoms with van der Waals surface area (Å²) in [6, 6.07) is 3.77. The largest absolute Gasteiger partial charge is 0.327 e. The van der Waals surface area contributed by atoms with Gasteiger partial charge in [0.25, 0.3) is 5.56 Å². The standard InChI is InChI=1S/C7H7N2OP/c10-7-6-5(1-3-8-7)2-4-9(6)11/h1-4H,11H2,(H,8,10). The van der Waals surface area contributed by atoms with Crippen LogP contribution in [-0.4, -0.2) is 9.32 Å². The summed E-state index contributed by atoms with van der Waals surface area (Å²) >= 11 is 0. The second kappa shape index (κ2) is 2.21. The van der Waals surface area contributed by atoms with Gasteiger partial charge in [0.05, 0.1) is 0 Å². The molecule has 0 aliphatic carbocycles. The summed E-state index contributed by atoms with van der Waals surface area (Å²) in [4.78, 5) is 13.8. The Morgan fingerprint density at radius 2 is 2.27 bits per heavy atom. The highest BCUT2D eigenvalue weighted by Gasteiger charge is 1.99. The first kappa shape index (κ1) is 6.62. The predicted octanol–water partition coefficient (Wildman–Crippen LogP) is 0.968. The highest BCUT2D eigenvalue weighted by atomic mass is 31.0. The molecule has 0 aliphatic rings. The van der Waals surface area contributed by atoms with Crippen molar-refractivity contribution in [2.45, 2.75) is 0 Å². The molecular formula is C7H7N2OP. The van der Waals surface area contributed by atoms with E-state index >= 15 is 0 Å². The van der Waals surface area contributed by atoms with Gasteiger partial charge in [-0.2, -0.15) is 0 Å². The van der Waals surface area contributed by atoms with Gasteiger partial charge in [0.15, 0.2) is 0 Å². The molecule has 0 aromatic carbocycles. The van der Waals surface area contributed by atoms with Crippen LogP contribution in [0.25, 0.3) is 10.9 Å². The maximum atomic E-state index is 11.2. The number of hydrogen-bond donors (Lipinski definition) is 1. The molecule has 0 radical (unpaired) electrons. The lowest BCUT2D eigenvalue weighted by Gasteiger charge is -1.91. The van der Waals surface area contributed by atoms with Gasteiger partial charge in [-0.3, -0.25) is 4.79 Å². The summed E-state index contributed by atoms with van der Waals surface area (Å²) < 4.78 is 1.73. The number of aromatic nitrogens is 2. The Bertz CT molecular complexity index is 443. The van der Waals surface area contributed by atoms with Crippen molar-refractivity contribution in [3.8, 4) is 0 Å². The van der Waals surface area contributed by atoms with Gasteiger partial charge < -0.3 is 9.32 Å². The number of H-pyrrole nitrogens is 1. The minimum atomic E-state index is -0.0532. The molecule has 0 spiro atoms. The fourth-order valence-electron chi connectivity index (χ4n) is 1.12. The zero-order valence-electron chi connectivity index (χ0n) is 5.74. The molecule has 2 aromatic rings. The van der Waals surface area contributed by atoms with E-state index in [1.807, 2.05) is 18.3 Å². The van der Waals surface area contributed by atoms with Crippen molar-refractivity contribution in [3.63, 3.8) is 0 Å². The molecule has 11 heavy (non-hydrogen) atoms. The molecule has 3 nitrogen and oxygen atoms in total. The van der Waals surface area contributed by atoms with Gasteiger partial charge >= 0.3 is 0 Å². The third-order valence-electron chi connectivity index (χ3n) is 1.64. The molecule has 0 bridgehead atoms. The van der Waals surface area contributed by atoms with Crippen LogP contribution in [0.3, 0.4) is 0 Å². The first-order chi connectivity index (χ1) is 5.29. The van der Waals surface area contributed by atoms with Gasteiger partial charge in [0, 0.05) is 17.8 Å². The SMILES string of the molecule is O=c1[nH]ccc2ccn(P)c12. The number of nitrogens with one attached hydrogen (secondary N) is 1. The number of nitrogens with zero attached hydrogens (tertiary/aromatic N) is 1. The van der Waals surface area contributed by atoms with Crippen molar-refractivity contribution >= 4 is 20.3 Å². The molecule has 0 amide bonds. The Kier molecular flexibility index (Phi) is 1.33. The monoisotopic (exact) mass is 166 g/mol. The number of hydrogen-bond acceptors (Lipinski definition) is 1. The molecule has 1 atom stereocenters. The van der Waals surface area contributed by atoms with E-state index in [1.165, 1.54) is 0 Å². The van der Waals surface area contributed by atoms with Crippen LogP contribution in [0.15, 0.2) is 29.3 Å². The zero-order valence-corrected chi connectivity index (χ0v) is 6.90. The summed E-state index contributed by atoms with van der Waals surface area (Å²) in [7, 11) is 2.46. The van der Waals surface area contributed by atoms with Gasteiger partial charge in [-0.1, -0.05) is 0 Å². The van der Waals surface area contributed by atoms with E-state index in [9.17, 15) is 4.79 Å². The van der Waals surface area contributed by atoms with E-state index in [0.717, 1.165) is 5.39 Å². The van der Waals surface area contributed by atoms with Gasteiger partial charge in [-0.05, 0) is 21.5 Å². The van der Waals surface area contributed by atoms with Crippen LogP contribution < -0.4 is 5.56 Å². The Morgan fingerprint density at radius 1 is 1.45 bits per heavy atom. The fourth-order valence-corrected chi connectivity index (χ4v) is 1.47. The quantitative estimate of drug-likeness (QED) is 0.582. The summed E-state index contributed by atoms with van der Waals surface area (Å²) in [5, 5.41) is 0.962. The Balaban J connectivity index is 3.08. The van der Waals surface area contributed by atoms with Crippen LogP contribution in [-0.2, 0) is 0 Å². The minimum Gasteiger partial charge on any atom is -0.327 e. The predicted molar refractivity (Wildman–Crippen MR) is 47.7 cm³/mol. The van der Waals surface area contributed by atoms with Crippen LogP contribution in [0.5, 0.6) is 0 Å². The van der Waals surface area contributed by atoms with Gasteiger partial charge in [0.2, 0.25) is 0 Å². The molecule has 2 aromatic heterocycles. The minimum absolute atomic E-state index is 0.0532. The third-order valence-corrected chi connectivity index (χ3v) is 2.07. The first-order valence-electron chi connectivity index (χ1n) is 3.23. The van der Waals surface area contributed by atoms with Crippen molar-refractivity contribution in [1.82, 2.24) is 9.32 Å². The third kappa shape index (κ3) is 0.889. The van der Waals surface area contributed by atoms with Crippen molar-refractivity contribution in [3.05, 3.63) is 34.9 Å². The summed E-state index contributed by atoms with van der Waals surface area (Å²) in [6.07, 6.45) is 3.49. The Labute approximate surface area is 65.3 Å². The van der Waals surface area contributed by atoms with E-state index < -0.39 is 0 Å². The van der Waals surface area contributed by atoms with Crippen molar-refractivity contribution in [2.24, 2.45) is 0 Å². The number of fused-ring (bicyclic) bond motifs is 1. The summed E-state index contributed by atoms with van der Waals surface area (Å²) in [5.74, 6) is 0. The van der Waals surface area contributed by atoms with Crippen LogP contribution in [0.2, 0.25) is 0 Å². The van der Waals surface area contributed by atoms with Gasteiger partial charge in [-0.15, -0.1) is 0 Å². The van der Waals surface area contributed by atoms with E-state index in [1.54, 1.807) is 10.5 Å². The maximum Gasteiger partial charge on any atom is 0.272 e. The number of pyridine rings is 1. The second-order valence-corrected chi connectivity index (χ2v) is 2.89. The average Bonchev–Trinajstić information content (AvgIpc) is 2.34. The smallest absolute Gasteiger partial charge is 0.272 e. The second-order valence-electron chi connectivity index (χ2n) is 2.33. The maximum absolute atomic E-state index is 11.2. The lowest BCUT2D eigenvalue weighted by Crippen LogP contribution is -2.05. The molecule has 1 N–H and O–H groups in total. The van der Waals surface area contributed by atoms with Crippen LogP contribution in [0, 0.1) is 0 Å². The molecule has 0 saturated heterocycles. The highest BCUT2D eigenvalue weighted by Crippen LogP contribution is 2.11. The van der Waals surface area contributed by atoms with E-state index in [4.69, 9.17) is 0 Å². The van der Waals surface area contributed by atoms with Gasteiger partial charge in [0.1, 0.15) is 5.52 Å². The lowest BCUT2D eigenvalue weighted by atomic mass is 10.3. The molecule has 4 heteroatoms. The Morgan fingerprint density at radius 3 is 3.00 bits per heavy atom. The highest BCUT2D eigenvalue weighted by molar-refractivity contribution is 7.14. The van der Waals surface area contributed by atoms with Crippen molar-refractivity contribution < 1.29 is 0 Å². The van der Waals surface area contributed by atoms with E-state index in [0.29, 0.717) is 5.52 Å². The summed E-state index contributed by atoms with van der Waals surface area (Å²) in [6.45, 7) is 0. The lowest BCUT2D eigenvalue weighted by molar-refractivity contribution is 1.23. The Hall–Kier alpha value is -1.08. The molecule has 1 unspecified atom stereocenters. The van der Waals surface area contributed by atoms with Crippen molar-refractivity contribution in [2.75, 3.05) is 0 Å². The zero-order chi connectivity index (χ0) is 7.84. The number of aromatic amines is 1. The molecule has 56 valence electrons. The van der Waals surface area contributed by atoms with Gasteiger partial charge in [-0.25, -0.2) is 0 Å². The van der Waals surface area contributed by atoms with E-state index in [2.05, 4.69) is 14.4 Å². The average molecular weight is 166 g/mol. The topological polar surface area (TPSA) is 37.8 Å². The molecule has 0 saturated carbocycles. The molecular weight excluding hydrogens is 159 g/mol. The molecule has 0 fully saturated rings. The van der Waals surface area contributed by atoms with Crippen LogP contribution >= 0.6 is 9.39 Å². The first-order valence-corrected chi connectivity index (χ1v) is 3.74. The molecule has 0 aliphatic heterocycles. The van der Waals surface area contributed by atoms with Crippen LogP contribution in [0.1, 0.15) is 0 Å². The van der Waals surface area contributed by atoms with Crippen molar-refractivity contribution in [1.29, 1.82) is 0 Å². The summed E-state index contributed by atoms with van der Waals surface area (Å²) in [5.41, 5.74) is 0.639. The number of rotatable bonds is 0. The fraction of sp³-hybridized carbons (Fsp3) is 0. The molecule has 2 rings (SSSR count). The molecule has 2 heterocycles. The van der Waals surface area contributed by atoms with E-state index in [-0.39, 0.29) is 5.56 Å².